The third-order valence-corrected chi connectivity index (χ3v) is 3.00. The molecule has 0 bridgehead atoms. The maximum atomic E-state index is 13.7. The van der Waals surface area contributed by atoms with Gasteiger partial charge in [0.15, 0.2) is 11.5 Å². The van der Waals surface area contributed by atoms with Crippen LogP contribution in [0.25, 0.3) is 0 Å². The molecule has 7 nitrogen and oxygen atoms in total. The molecule has 0 saturated carbocycles. The molecule has 8 heteroatoms. The molecular formula is C13H18FN2O5+. The molecule has 116 valence electrons. The molecule has 1 aromatic carbocycles. The minimum absolute atomic E-state index is 0.000492. The van der Waals surface area contributed by atoms with Gasteiger partial charge in [-0.15, -0.1) is 0 Å². The number of rotatable bonds is 8. The highest BCUT2D eigenvalue weighted by Gasteiger charge is 2.25. The van der Waals surface area contributed by atoms with Crippen LogP contribution in [-0.2, 0) is 20.8 Å². The Morgan fingerprint density at radius 2 is 2.05 bits per heavy atom. The van der Waals surface area contributed by atoms with E-state index in [1.807, 2.05) is 0 Å². The summed E-state index contributed by atoms with van der Waals surface area (Å²) in [5.74, 6) is -3.97. The lowest BCUT2D eigenvalue weighted by molar-refractivity contribution is -0.831. The molecule has 2 atom stereocenters. The van der Waals surface area contributed by atoms with E-state index >= 15 is 0 Å². The van der Waals surface area contributed by atoms with Crippen LogP contribution in [0.3, 0.4) is 0 Å². The highest BCUT2D eigenvalue weighted by Crippen LogP contribution is 2.18. The predicted octanol–water partition coefficient (Wildman–Crippen LogP) is -0.373. The molecule has 0 saturated heterocycles. The van der Waals surface area contributed by atoms with Gasteiger partial charge < -0.3 is 15.9 Å². The Morgan fingerprint density at radius 3 is 2.52 bits per heavy atom. The first-order valence-corrected chi connectivity index (χ1v) is 6.20. The molecule has 2 unspecified atom stereocenters. The summed E-state index contributed by atoms with van der Waals surface area (Å²) in [6.45, 7) is 0. The van der Waals surface area contributed by atoms with Crippen molar-refractivity contribution in [3.8, 4) is 0 Å². The molecule has 0 spiro atoms. The molecule has 0 aliphatic rings. The Balaban J connectivity index is 2.82. The third-order valence-electron chi connectivity index (χ3n) is 3.00. The van der Waals surface area contributed by atoms with Gasteiger partial charge in [0, 0.05) is 6.07 Å². The second kappa shape index (κ2) is 7.67. The molecule has 0 aliphatic carbocycles. The fourth-order valence-electron chi connectivity index (χ4n) is 1.88. The first kappa shape index (κ1) is 17.0. The molecule has 6 N–H and O–H groups in total. The summed E-state index contributed by atoms with van der Waals surface area (Å²) in [4.78, 5) is 26.5. The average molecular weight is 301 g/mol. The van der Waals surface area contributed by atoms with Crippen LogP contribution in [0.5, 0.6) is 0 Å². The van der Waals surface area contributed by atoms with Crippen molar-refractivity contribution in [3.63, 3.8) is 0 Å². The van der Waals surface area contributed by atoms with Crippen molar-refractivity contribution in [3.05, 3.63) is 29.6 Å². The number of benzene rings is 1. The molecule has 0 aliphatic heterocycles. The lowest BCUT2D eigenvalue weighted by Gasteiger charge is -2.15. The van der Waals surface area contributed by atoms with E-state index in [1.165, 1.54) is 24.7 Å². The standard InChI is InChI=1S/C13H17FN2O5/c1-21-16-11-3-2-7(5-9(11)14)4-8(12(17)18)6-10(15)13(19)20/h2-3,5,8,10,16H,4,6,15H2,1H3,(H,17,18)(H,19,20)/p+1. The van der Waals surface area contributed by atoms with Gasteiger partial charge in [-0.3, -0.25) is 9.59 Å². The van der Waals surface area contributed by atoms with Crippen molar-refractivity contribution in [2.75, 3.05) is 7.11 Å². The topological polar surface area (TPSA) is 126 Å². The minimum Gasteiger partial charge on any atom is -0.481 e. The van der Waals surface area contributed by atoms with E-state index in [1.54, 1.807) is 6.07 Å². The van der Waals surface area contributed by atoms with Crippen LogP contribution in [0.2, 0.25) is 0 Å². The van der Waals surface area contributed by atoms with Crippen LogP contribution in [0.4, 0.5) is 10.1 Å². The van der Waals surface area contributed by atoms with E-state index in [-0.39, 0.29) is 18.5 Å². The lowest BCUT2D eigenvalue weighted by Crippen LogP contribution is -2.76. The van der Waals surface area contributed by atoms with Crippen molar-refractivity contribution >= 4 is 17.6 Å². The molecule has 0 amide bonds. The summed E-state index contributed by atoms with van der Waals surface area (Å²) in [5, 5.41) is 17.8. The summed E-state index contributed by atoms with van der Waals surface area (Å²) < 4.78 is 13.7. The molecule has 1 aromatic rings. The number of quaternary nitrogens is 1. The van der Waals surface area contributed by atoms with E-state index in [4.69, 9.17) is 20.8 Å². The number of hydrogen-bond donors (Lipinski definition) is 4. The Labute approximate surface area is 120 Å². The van der Waals surface area contributed by atoms with Gasteiger partial charge in [0.2, 0.25) is 0 Å². The predicted molar refractivity (Wildman–Crippen MR) is 70.1 cm³/mol. The molecule has 0 aromatic heterocycles. The van der Waals surface area contributed by atoms with Crippen LogP contribution in [0, 0.1) is 11.7 Å². The van der Waals surface area contributed by atoms with E-state index in [0.717, 1.165) is 0 Å². The van der Waals surface area contributed by atoms with E-state index in [0.29, 0.717) is 5.56 Å². The van der Waals surface area contributed by atoms with E-state index < -0.39 is 29.7 Å². The number of carboxylic acid groups (broad SMARTS) is 2. The van der Waals surface area contributed by atoms with Crippen LogP contribution in [0.1, 0.15) is 12.0 Å². The van der Waals surface area contributed by atoms with Gasteiger partial charge in [0.25, 0.3) is 0 Å². The molecule has 0 radical (unpaired) electrons. The van der Waals surface area contributed by atoms with Crippen molar-refractivity contribution in [1.82, 2.24) is 0 Å². The summed E-state index contributed by atoms with van der Waals surface area (Å²) >= 11 is 0. The minimum atomic E-state index is -1.27. The summed E-state index contributed by atoms with van der Waals surface area (Å²) in [6.07, 6.45) is -0.223. The Kier molecular flexibility index (Phi) is 6.22. The monoisotopic (exact) mass is 301 g/mol. The summed E-state index contributed by atoms with van der Waals surface area (Å²) in [6, 6.07) is 2.96. The van der Waals surface area contributed by atoms with Crippen molar-refractivity contribution in [2.45, 2.75) is 18.9 Å². The highest BCUT2D eigenvalue weighted by atomic mass is 19.1. The maximum absolute atomic E-state index is 13.7. The van der Waals surface area contributed by atoms with Gasteiger partial charge in [0.1, 0.15) is 6.04 Å². The zero-order valence-electron chi connectivity index (χ0n) is 11.5. The van der Waals surface area contributed by atoms with Crippen LogP contribution < -0.4 is 11.2 Å². The fraction of sp³-hybridized carbons (Fsp3) is 0.385. The van der Waals surface area contributed by atoms with Gasteiger partial charge in [-0.05, 0) is 24.5 Å². The van der Waals surface area contributed by atoms with Crippen LogP contribution >= 0.6 is 0 Å². The smallest absolute Gasteiger partial charge is 0.320 e. The van der Waals surface area contributed by atoms with E-state index in [2.05, 4.69) is 0 Å². The quantitative estimate of drug-likeness (QED) is 0.383. The van der Waals surface area contributed by atoms with Crippen molar-refractivity contribution in [2.24, 2.45) is 11.7 Å². The Bertz CT molecular complexity index is 523. The first-order chi connectivity index (χ1) is 9.85. The zero-order chi connectivity index (χ0) is 16.0. The second-order valence-corrected chi connectivity index (χ2v) is 4.63. The van der Waals surface area contributed by atoms with Gasteiger partial charge in [0.05, 0.1) is 13.0 Å². The highest BCUT2D eigenvalue weighted by molar-refractivity contribution is 5.76. The van der Waals surface area contributed by atoms with Crippen molar-refractivity contribution < 1.29 is 34.5 Å². The van der Waals surface area contributed by atoms with Gasteiger partial charge in [-0.2, -0.15) is 5.48 Å². The summed E-state index contributed by atoms with van der Waals surface area (Å²) in [7, 11) is 1.39. The molecule has 0 heterocycles. The Hall–Kier alpha value is -2.03. The third kappa shape index (κ3) is 5.10. The Morgan fingerprint density at radius 1 is 1.38 bits per heavy atom. The molecule has 1 rings (SSSR count). The van der Waals surface area contributed by atoms with Gasteiger partial charge >= 0.3 is 11.9 Å². The van der Waals surface area contributed by atoms with Crippen LogP contribution in [0.15, 0.2) is 18.2 Å². The SMILES string of the molecule is CO[NH2+]c1ccc(CC(CC(N)C(=O)O)C(=O)O)cc1F. The van der Waals surface area contributed by atoms with Crippen molar-refractivity contribution in [1.29, 1.82) is 0 Å². The summed E-state index contributed by atoms with van der Waals surface area (Å²) in [5.41, 5.74) is 7.27. The van der Waals surface area contributed by atoms with Crippen LogP contribution in [-0.4, -0.2) is 35.3 Å². The maximum Gasteiger partial charge on any atom is 0.320 e. The zero-order valence-corrected chi connectivity index (χ0v) is 11.5. The fourth-order valence-corrected chi connectivity index (χ4v) is 1.88. The van der Waals surface area contributed by atoms with Gasteiger partial charge in [-0.25, -0.2) is 9.23 Å². The molecule has 21 heavy (non-hydrogen) atoms. The molecule has 0 fully saturated rings. The van der Waals surface area contributed by atoms with E-state index in [9.17, 15) is 14.0 Å². The number of nitrogens with two attached hydrogens (primary N) is 2. The number of carboxylic acids is 2. The number of hydrogen-bond acceptors (Lipinski definition) is 4. The van der Waals surface area contributed by atoms with Gasteiger partial charge in [-0.1, -0.05) is 6.07 Å². The largest absolute Gasteiger partial charge is 0.481 e. The number of halogens is 1. The normalized spacial score (nSPS) is 13.7. The second-order valence-electron chi connectivity index (χ2n) is 4.63. The first-order valence-electron chi connectivity index (χ1n) is 6.20. The number of aliphatic carboxylic acids is 2. The average Bonchev–Trinajstić information content (AvgIpc) is 2.40. The molecular weight excluding hydrogens is 283 g/mol. The number of carbonyl (C=O) groups is 2. The lowest BCUT2D eigenvalue weighted by atomic mass is 9.93.